The standard InChI is InChI=1S/C18H20F3N3O6S2/c1-11(23-32(28,29)16-7-5-4-6-13(16)18(19,20)21)17(25)22-12-8-9-15(30-2)14(10-12)24-31(3,26)27/h4-11,23-24H,1-3H3,(H,22,25)/t11-/m0/s1. The molecule has 14 heteroatoms. The maximum atomic E-state index is 13.1. The predicted octanol–water partition coefficient (Wildman–Crippen LogP) is 2.39. The Morgan fingerprint density at radius 1 is 1.06 bits per heavy atom. The van der Waals surface area contributed by atoms with Crippen LogP contribution in [0.4, 0.5) is 24.5 Å². The van der Waals surface area contributed by atoms with Gasteiger partial charge in [-0.25, -0.2) is 16.8 Å². The van der Waals surface area contributed by atoms with E-state index in [0.29, 0.717) is 6.07 Å². The number of anilines is 2. The SMILES string of the molecule is COc1ccc(NC(=O)[C@H](C)NS(=O)(=O)c2ccccc2C(F)(F)F)cc1NS(C)(=O)=O. The molecule has 1 amide bonds. The number of alkyl halides is 3. The molecule has 0 aliphatic carbocycles. The fourth-order valence-corrected chi connectivity index (χ4v) is 4.59. The lowest BCUT2D eigenvalue weighted by Gasteiger charge is -2.18. The lowest BCUT2D eigenvalue weighted by atomic mass is 10.2. The zero-order valence-electron chi connectivity index (χ0n) is 17.0. The molecule has 32 heavy (non-hydrogen) atoms. The number of benzene rings is 2. The zero-order valence-corrected chi connectivity index (χ0v) is 18.7. The van der Waals surface area contributed by atoms with Crippen LogP contribution < -0.4 is 19.5 Å². The van der Waals surface area contributed by atoms with Crippen molar-refractivity contribution < 1.29 is 39.5 Å². The van der Waals surface area contributed by atoms with E-state index in [0.717, 1.165) is 31.4 Å². The Bertz CT molecular complexity index is 1210. The van der Waals surface area contributed by atoms with E-state index >= 15 is 0 Å². The highest BCUT2D eigenvalue weighted by Gasteiger charge is 2.37. The lowest BCUT2D eigenvalue weighted by molar-refractivity contribution is -0.139. The summed E-state index contributed by atoms with van der Waals surface area (Å²) in [5.41, 5.74) is -1.27. The van der Waals surface area contributed by atoms with E-state index < -0.39 is 48.6 Å². The van der Waals surface area contributed by atoms with Gasteiger partial charge in [0.1, 0.15) is 5.75 Å². The topological polar surface area (TPSA) is 131 Å². The Morgan fingerprint density at radius 2 is 1.69 bits per heavy atom. The van der Waals surface area contributed by atoms with Crippen LogP contribution in [-0.4, -0.2) is 42.2 Å². The summed E-state index contributed by atoms with van der Waals surface area (Å²) in [5, 5.41) is 2.36. The van der Waals surface area contributed by atoms with E-state index in [1.54, 1.807) is 0 Å². The highest BCUT2D eigenvalue weighted by molar-refractivity contribution is 7.92. The lowest BCUT2D eigenvalue weighted by Crippen LogP contribution is -2.42. The summed E-state index contributed by atoms with van der Waals surface area (Å²) >= 11 is 0. The highest BCUT2D eigenvalue weighted by atomic mass is 32.2. The third-order valence-corrected chi connectivity index (χ3v) is 6.16. The van der Waals surface area contributed by atoms with Gasteiger partial charge in [0, 0.05) is 5.69 Å². The van der Waals surface area contributed by atoms with Crippen molar-refractivity contribution in [3.63, 3.8) is 0 Å². The number of sulfonamides is 2. The van der Waals surface area contributed by atoms with E-state index in [-0.39, 0.29) is 17.1 Å². The zero-order chi connectivity index (χ0) is 24.3. The first-order chi connectivity index (χ1) is 14.6. The van der Waals surface area contributed by atoms with E-state index in [1.165, 1.54) is 25.3 Å². The van der Waals surface area contributed by atoms with Gasteiger partial charge < -0.3 is 10.1 Å². The number of carbonyl (C=O) groups is 1. The summed E-state index contributed by atoms with van der Waals surface area (Å²) in [6.07, 6.45) is -4.00. The van der Waals surface area contributed by atoms with Gasteiger partial charge in [0.05, 0.1) is 35.6 Å². The smallest absolute Gasteiger partial charge is 0.417 e. The Hall–Kier alpha value is -2.84. The largest absolute Gasteiger partial charge is 0.495 e. The molecule has 1 atom stereocenters. The minimum absolute atomic E-state index is 0.0140. The van der Waals surface area contributed by atoms with Gasteiger partial charge in [-0.2, -0.15) is 17.9 Å². The minimum atomic E-state index is -4.91. The number of carbonyl (C=O) groups excluding carboxylic acids is 1. The average molecular weight is 496 g/mol. The van der Waals surface area contributed by atoms with Crippen LogP contribution in [0.2, 0.25) is 0 Å². The van der Waals surface area contributed by atoms with Crippen molar-refractivity contribution in [3.05, 3.63) is 48.0 Å². The van der Waals surface area contributed by atoms with Gasteiger partial charge in [0.15, 0.2) is 0 Å². The van der Waals surface area contributed by atoms with E-state index in [9.17, 15) is 34.8 Å². The quantitative estimate of drug-likeness (QED) is 0.516. The molecule has 0 saturated carbocycles. The minimum Gasteiger partial charge on any atom is -0.495 e. The Labute approximate surface area is 183 Å². The van der Waals surface area contributed by atoms with Crippen molar-refractivity contribution in [2.45, 2.75) is 24.0 Å². The van der Waals surface area contributed by atoms with Gasteiger partial charge in [-0.15, -0.1) is 0 Å². The number of rotatable bonds is 8. The van der Waals surface area contributed by atoms with Crippen LogP contribution in [-0.2, 0) is 31.0 Å². The average Bonchev–Trinajstić information content (AvgIpc) is 2.66. The van der Waals surface area contributed by atoms with Crippen LogP contribution in [0.1, 0.15) is 12.5 Å². The molecule has 176 valence electrons. The maximum absolute atomic E-state index is 13.1. The van der Waals surface area contributed by atoms with Crippen LogP contribution in [0.5, 0.6) is 5.75 Å². The fourth-order valence-electron chi connectivity index (χ4n) is 2.60. The Kier molecular flexibility index (Phi) is 7.42. The molecule has 0 aliphatic heterocycles. The first-order valence-corrected chi connectivity index (χ1v) is 12.2. The third kappa shape index (κ3) is 6.58. The van der Waals surface area contributed by atoms with Crippen molar-refractivity contribution in [1.82, 2.24) is 4.72 Å². The molecule has 0 heterocycles. The monoisotopic (exact) mass is 495 g/mol. The van der Waals surface area contributed by atoms with Crippen molar-refractivity contribution in [1.29, 1.82) is 0 Å². The van der Waals surface area contributed by atoms with Gasteiger partial charge in [0.25, 0.3) is 0 Å². The van der Waals surface area contributed by atoms with Crippen LogP contribution in [0, 0.1) is 0 Å². The number of hydrogen-bond acceptors (Lipinski definition) is 6. The van der Waals surface area contributed by atoms with Crippen LogP contribution >= 0.6 is 0 Å². The second kappa shape index (κ2) is 9.34. The number of hydrogen-bond donors (Lipinski definition) is 3. The molecule has 3 N–H and O–H groups in total. The molecule has 2 aromatic rings. The molecular formula is C18H20F3N3O6S2. The molecule has 2 rings (SSSR count). The van der Waals surface area contributed by atoms with Crippen LogP contribution in [0.15, 0.2) is 47.4 Å². The van der Waals surface area contributed by atoms with E-state index in [1.807, 2.05) is 4.72 Å². The van der Waals surface area contributed by atoms with Crippen molar-refractivity contribution in [2.24, 2.45) is 0 Å². The summed E-state index contributed by atoms with van der Waals surface area (Å²) in [5.74, 6) is -0.737. The predicted molar refractivity (Wildman–Crippen MR) is 111 cm³/mol. The normalized spacial score (nSPS) is 13.3. The molecule has 0 saturated heterocycles. The van der Waals surface area contributed by atoms with Crippen molar-refractivity contribution >= 4 is 37.3 Å². The summed E-state index contributed by atoms with van der Waals surface area (Å²) < 4.78 is 96.5. The number of ether oxygens (including phenoxy) is 1. The van der Waals surface area contributed by atoms with Gasteiger partial charge in [-0.05, 0) is 37.3 Å². The molecular weight excluding hydrogens is 475 g/mol. The first kappa shape index (κ1) is 25.4. The van der Waals surface area contributed by atoms with Crippen molar-refractivity contribution in [3.8, 4) is 5.75 Å². The summed E-state index contributed by atoms with van der Waals surface area (Å²) in [4.78, 5) is 11.4. The molecule has 0 fully saturated rings. The number of halogens is 3. The van der Waals surface area contributed by atoms with Crippen LogP contribution in [0.25, 0.3) is 0 Å². The third-order valence-electron chi connectivity index (χ3n) is 3.97. The van der Waals surface area contributed by atoms with Gasteiger partial charge in [-0.1, -0.05) is 12.1 Å². The second-order valence-electron chi connectivity index (χ2n) is 6.62. The van der Waals surface area contributed by atoms with Gasteiger partial charge in [-0.3, -0.25) is 9.52 Å². The molecule has 0 aliphatic rings. The molecule has 0 bridgehead atoms. The molecule has 0 spiro atoms. The van der Waals surface area contributed by atoms with Gasteiger partial charge >= 0.3 is 6.18 Å². The summed E-state index contributed by atoms with van der Waals surface area (Å²) in [6.45, 7) is 1.14. The number of amides is 1. The highest BCUT2D eigenvalue weighted by Crippen LogP contribution is 2.34. The molecule has 0 unspecified atom stereocenters. The molecule has 2 aromatic carbocycles. The van der Waals surface area contributed by atoms with Gasteiger partial charge in [0.2, 0.25) is 26.0 Å². The Morgan fingerprint density at radius 3 is 2.25 bits per heavy atom. The van der Waals surface area contributed by atoms with Crippen LogP contribution in [0.3, 0.4) is 0 Å². The fraction of sp³-hybridized carbons (Fsp3) is 0.278. The number of methoxy groups -OCH3 is 1. The van der Waals surface area contributed by atoms with Crippen molar-refractivity contribution in [2.75, 3.05) is 23.4 Å². The van der Waals surface area contributed by atoms with E-state index in [4.69, 9.17) is 4.74 Å². The summed E-state index contributed by atoms with van der Waals surface area (Å²) in [7, 11) is -7.06. The first-order valence-electron chi connectivity index (χ1n) is 8.79. The van der Waals surface area contributed by atoms with E-state index in [2.05, 4.69) is 10.0 Å². The Balaban J connectivity index is 2.23. The molecule has 9 nitrogen and oxygen atoms in total. The second-order valence-corrected chi connectivity index (χ2v) is 10.0. The summed E-state index contributed by atoms with van der Waals surface area (Å²) in [6, 6.07) is 6.07. The molecule has 0 aromatic heterocycles. The molecule has 0 radical (unpaired) electrons. The number of nitrogens with one attached hydrogen (secondary N) is 3. The maximum Gasteiger partial charge on any atom is 0.417 e.